The van der Waals surface area contributed by atoms with E-state index in [-0.39, 0.29) is 0 Å². The summed E-state index contributed by atoms with van der Waals surface area (Å²) in [4.78, 5) is 15.3. The van der Waals surface area contributed by atoms with Crippen LogP contribution in [0.5, 0.6) is 0 Å². The number of fused-ring (bicyclic) bond motifs is 1. The van der Waals surface area contributed by atoms with Crippen LogP contribution in [-0.2, 0) is 19.6 Å². The van der Waals surface area contributed by atoms with E-state index in [1.54, 1.807) is 6.33 Å². The van der Waals surface area contributed by atoms with Crippen LogP contribution >= 0.6 is 0 Å². The van der Waals surface area contributed by atoms with Gasteiger partial charge >= 0.3 is 0 Å². The predicted molar refractivity (Wildman–Crippen MR) is 118 cm³/mol. The highest BCUT2D eigenvalue weighted by molar-refractivity contribution is 5.82. The summed E-state index contributed by atoms with van der Waals surface area (Å²) < 4.78 is 1.88. The monoisotopic (exact) mass is 402 g/mol. The molecule has 2 aromatic heterocycles. The molecule has 0 aliphatic heterocycles. The first-order valence-corrected chi connectivity index (χ1v) is 10.0. The van der Waals surface area contributed by atoms with Gasteiger partial charge in [-0.1, -0.05) is 60.7 Å². The number of aliphatic hydroxyl groups is 1. The molecule has 154 valence electrons. The average molecular weight is 403 g/mol. The van der Waals surface area contributed by atoms with Crippen molar-refractivity contribution in [3.63, 3.8) is 0 Å². The summed E-state index contributed by atoms with van der Waals surface area (Å²) in [7, 11) is 2.01. The lowest BCUT2D eigenvalue weighted by Gasteiger charge is -2.21. The zero-order valence-electron chi connectivity index (χ0n) is 17.0. The van der Waals surface area contributed by atoms with Gasteiger partial charge in [-0.25, -0.2) is 15.0 Å². The van der Waals surface area contributed by atoms with Crippen molar-refractivity contribution in [3.05, 3.63) is 84.4 Å². The molecular weight excluding hydrogens is 376 g/mol. The molecule has 30 heavy (non-hydrogen) atoms. The molecule has 2 aromatic carbocycles. The molecule has 0 bridgehead atoms. The number of aliphatic hydroxyl groups excluding tert-OH is 1. The number of rotatable bonds is 9. The Morgan fingerprint density at radius 3 is 2.40 bits per heavy atom. The zero-order valence-corrected chi connectivity index (χ0v) is 17.0. The van der Waals surface area contributed by atoms with Crippen LogP contribution in [0.1, 0.15) is 11.1 Å². The molecule has 4 aromatic rings. The minimum atomic E-state index is -0.535. The van der Waals surface area contributed by atoms with Gasteiger partial charge in [0.1, 0.15) is 11.8 Å². The van der Waals surface area contributed by atoms with Crippen molar-refractivity contribution < 1.29 is 5.11 Å². The van der Waals surface area contributed by atoms with Gasteiger partial charge in [0.2, 0.25) is 0 Å². The van der Waals surface area contributed by atoms with E-state index in [2.05, 4.69) is 49.4 Å². The number of aromatic nitrogens is 4. The molecule has 0 aliphatic rings. The number of hydrogen-bond donors (Lipinski definition) is 2. The zero-order chi connectivity index (χ0) is 20.8. The largest absolute Gasteiger partial charge is 0.390 e. The van der Waals surface area contributed by atoms with Crippen LogP contribution in [0.2, 0.25) is 0 Å². The number of hydrogen-bond acceptors (Lipinski definition) is 6. The third kappa shape index (κ3) is 5.00. The second-order valence-corrected chi connectivity index (χ2v) is 7.47. The van der Waals surface area contributed by atoms with Gasteiger partial charge in [0.05, 0.1) is 19.0 Å². The highest BCUT2D eigenvalue weighted by Crippen LogP contribution is 2.18. The second-order valence-electron chi connectivity index (χ2n) is 7.47. The van der Waals surface area contributed by atoms with Crippen LogP contribution in [0.3, 0.4) is 0 Å². The molecule has 2 heterocycles. The Bertz CT molecular complexity index is 1070. The van der Waals surface area contributed by atoms with Crippen molar-refractivity contribution in [2.75, 3.05) is 18.9 Å². The summed E-state index contributed by atoms with van der Waals surface area (Å²) in [6.45, 7) is 2.43. The van der Waals surface area contributed by atoms with Crippen molar-refractivity contribution in [2.24, 2.45) is 0 Å². The molecule has 0 radical (unpaired) electrons. The summed E-state index contributed by atoms with van der Waals surface area (Å²) in [5.41, 5.74) is 3.81. The molecule has 7 heteroatoms. The first kappa shape index (κ1) is 20.0. The Labute approximate surface area is 176 Å². The van der Waals surface area contributed by atoms with Crippen molar-refractivity contribution in [2.45, 2.75) is 25.7 Å². The van der Waals surface area contributed by atoms with Gasteiger partial charge in [0, 0.05) is 19.6 Å². The maximum Gasteiger partial charge on any atom is 0.165 e. The lowest BCUT2D eigenvalue weighted by atomic mass is 10.2. The third-order valence-corrected chi connectivity index (χ3v) is 4.93. The Morgan fingerprint density at radius 2 is 1.67 bits per heavy atom. The molecule has 0 fully saturated rings. The molecule has 0 saturated heterocycles. The van der Waals surface area contributed by atoms with E-state index in [0.717, 1.165) is 6.54 Å². The van der Waals surface area contributed by atoms with E-state index in [1.165, 1.54) is 17.5 Å². The maximum atomic E-state index is 10.6. The van der Waals surface area contributed by atoms with Crippen molar-refractivity contribution in [1.29, 1.82) is 0 Å². The molecule has 4 rings (SSSR count). The summed E-state index contributed by atoms with van der Waals surface area (Å²) in [5.74, 6) is 0.693. The van der Waals surface area contributed by atoms with Gasteiger partial charge in [-0.05, 0) is 18.2 Å². The highest BCUT2D eigenvalue weighted by Gasteiger charge is 2.14. The summed E-state index contributed by atoms with van der Waals surface area (Å²) in [6.07, 6.45) is 2.71. The summed E-state index contributed by atoms with van der Waals surface area (Å²) >= 11 is 0. The SMILES string of the molecule is CN(Cc1ccccc1)CC(O)Cn1cnc2c(NCc3ccccc3)ncnc21. The fourth-order valence-corrected chi connectivity index (χ4v) is 3.53. The Kier molecular flexibility index (Phi) is 6.32. The van der Waals surface area contributed by atoms with Crippen molar-refractivity contribution >= 4 is 17.0 Å². The molecule has 1 atom stereocenters. The quantitative estimate of drug-likeness (QED) is 0.448. The lowest BCUT2D eigenvalue weighted by Crippen LogP contribution is -2.31. The van der Waals surface area contributed by atoms with Crippen molar-refractivity contribution in [1.82, 2.24) is 24.4 Å². The predicted octanol–water partition coefficient (Wildman–Crippen LogP) is 2.93. The summed E-state index contributed by atoms with van der Waals surface area (Å²) in [5, 5.41) is 13.9. The molecule has 7 nitrogen and oxygen atoms in total. The lowest BCUT2D eigenvalue weighted by molar-refractivity contribution is 0.108. The van der Waals surface area contributed by atoms with E-state index in [0.29, 0.717) is 36.6 Å². The number of nitrogens with zero attached hydrogens (tertiary/aromatic N) is 5. The van der Waals surface area contributed by atoms with Crippen LogP contribution in [0, 0.1) is 0 Å². The van der Waals surface area contributed by atoms with Crippen LogP contribution in [-0.4, -0.2) is 49.2 Å². The minimum absolute atomic E-state index is 0.421. The maximum absolute atomic E-state index is 10.6. The van der Waals surface area contributed by atoms with Gasteiger partial charge in [-0.2, -0.15) is 0 Å². The number of imidazole rings is 1. The van der Waals surface area contributed by atoms with Crippen LogP contribution in [0.15, 0.2) is 73.3 Å². The van der Waals surface area contributed by atoms with E-state index < -0.39 is 6.10 Å². The van der Waals surface area contributed by atoms with Gasteiger partial charge in [-0.15, -0.1) is 0 Å². The van der Waals surface area contributed by atoms with E-state index in [9.17, 15) is 5.11 Å². The first-order valence-electron chi connectivity index (χ1n) is 10.0. The van der Waals surface area contributed by atoms with Crippen LogP contribution in [0.4, 0.5) is 5.82 Å². The normalized spacial score (nSPS) is 12.4. The third-order valence-electron chi connectivity index (χ3n) is 4.93. The average Bonchev–Trinajstić information content (AvgIpc) is 3.17. The number of likely N-dealkylation sites (N-methyl/N-ethyl adjacent to an activating group) is 1. The van der Waals surface area contributed by atoms with E-state index in [4.69, 9.17) is 0 Å². The van der Waals surface area contributed by atoms with Gasteiger partial charge in [0.15, 0.2) is 11.5 Å². The topological polar surface area (TPSA) is 79.1 Å². The Hall–Kier alpha value is -3.29. The van der Waals surface area contributed by atoms with Gasteiger partial charge < -0.3 is 15.0 Å². The van der Waals surface area contributed by atoms with Gasteiger partial charge in [-0.3, -0.25) is 4.90 Å². The fraction of sp³-hybridized carbons (Fsp3) is 0.261. The smallest absolute Gasteiger partial charge is 0.165 e. The Morgan fingerprint density at radius 1 is 0.967 bits per heavy atom. The number of anilines is 1. The van der Waals surface area contributed by atoms with E-state index in [1.807, 2.05) is 48.0 Å². The standard InChI is InChI=1S/C23H26N6O/c1-28(13-19-10-6-3-7-11-19)14-20(30)15-29-17-27-21-22(25-16-26-23(21)29)24-12-18-8-4-2-5-9-18/h2-11,16-17,20,30H,12-15H2,1H3,(H,24,25,26). The Balaban J connectivity index is 1.39. The van der Waals surface area contributed by atoms with Crippen LogP contribution < -0.4 is 5.32 Å². The minimum Gasteiger partial charge on any atom is -0.390 e. The molecule has 0 saturated carbocycles. The molecule has 0 amide bonds. The molecular formula is C23H26N6O. The molecule has 1 unspecified atom stereocenters. The second kappa shape index (κ2) is 9.47. The molecule has 0 aliphatic carbocycles. The number of benzene rings is 2. The van der Waals surface area contributed by atoms with E-state index >= 15 is 0 Å². The van der Waals surface area contributed by atoms with Crippen molar-refractivity contribution in [3.8, 4) is 0 Å². The first-order chi connectivity index (χ1) is 14.7. The van der Waals surface area contributed by atoms with Crippen LogP contribution in [0.25, 0.3) is 11.2 Å². The number of nitrogens with one attached hydrogen (secondary N) is 1. The molecule has 0 spiro atoms. The highest BCUT2D eigenvalue weighted by atomic mass is 16.3. The fourth-order valence-electron chi connectivity index (χ4n) is 3.53. The summed E-state index contributed by atoms with van der Waals surface area (Å²) in [6, 6.07) is 20.4. The molecule has 2 N–H and O–H groups in total. The van der Waals surface area contributed by atoms with Gasteiger partial charge in [0.25, 0.3) is 0 Å².